The number of nitrogens with zero attached hydrogens (tertiary/aromatic N) is 1. The number of carbonyl (C=O) groups is 1. The Labute approximate surface area is 96.5 Å². The largest absolute Gasteiger partial charge is 0.377 e. The Bertz CT molecular complexity index is 394. The number of amides is 1. The van der Waals surface area contributed by atoms with Crippen molar-refractivity contribution in [2.45, 2.75) is 6.04 Å². The molecule has 0 aliphatic carbocycles. The molecule has 0 spiro atoms. The predicted molar refractivity (Wildman–Crippen MR) is 56.3 cm³/mol. The monoisotopic (exact) mass is 246 g/mol. The van der Waals surface area contributed by atoms with Gasteiger partial charge in [0.25, 0.3) is 5.91 Å². The fourth-order valence-electron chi connectivity index (χ4n) is 1.17. The lowest BCUT2D eigenvalue weighted by atomic mass is 10.2. The molecule has 0 saturated carbocycles. The Hall–Kier alpha value is -0.840. The second-order valence-corrected chi connectivity index (χ2v) is 3.99. The molecule has 1 aliphatic heterocycles. The van der Waals surface area contributed by atoms with Gasteiger partial charge in [-0.25, -0.2) is 4.98 Å². The lowest BCUT2D eigenvalue weighted by Crippen LogP contribution is -2.48. The number of halogens is 2. The first-order valence-electron chi connectivity index (χ1n) is 4.36. The Morgan fingerprint density at radius 3 is 2.87 bits per heavy atom. The minimum Gasteiger partial charge on any atom is -0.377 e. The van der Waals surface area contributed by atoms with Crippen molar-refractivity contribution in [3.63, 3.8) is 0 Å². The zero-order valence-electron chi connectivity index (χ0n) is 7.67. The van der Waals surface area contributed by atoms with E-state index in [-0.39, 0.29) is 22.1 Å². The average Bonchev–Trinajstić information content (AvgIpc) is 2.15. The molecule has 1 saturated heterocycles. The van der Waals surface area contributed by atoms with Gasteiger partial charge in [0.2, 0.25) is 0 Å². The van der Waals surface area contributed by atoms with Crippen molar-refractivity contribution in [1.82, 2.24) is 10.3 Å². The summed E-state index contributed by atoms with van der Waals surface area (Å²) in [6, 6.07) is 1.51. The third-order valence-electron chi connectivity index (χ3n) is 2.04. The van der Waals surface area contributed by atoms with Crippen LogP contribution >= 0.6 is 23.2 Å². The molecule has 2 rings (SSSR count). The molecule has 1 amide bonds. The van der Waals surface area contributed by atoms with Crippen molar-refractivity contribution in [2.24, 2.45) is 0 Å². The molecule has 1 fully saturated rings. The Morgan fingerprint density at radius 1 is 1.53 bits per heavy atom. The van der Waals surface area contributed by atoms with Gasteiger partial charge in [-0.1, -0.05) is 23.2 Å². The molecule has 6 heteroatoms. The Kier molecular flexibility index (Phi) is 3.09. The highest BCUT2D eigenvalue weighted by Gasteiger charge is 2.22. The summed E-state index contributed by atoms with van der Waals surface area (Å²) in [7, 11) is 0. The van der Waals surface area contributed by atoms with Gasteiger partial charge in [-0.3, -0.25) is 4.79 Å². The lowest BCUT2D eigenvalue weighted by molar-refractivity contribution is -0.00346. The van der Waals surface area contributed by atoms with Crippen molar-refractivity contribution in [3.05, 3.63) is 28.0 Å². The summed E-state index contributed by atoms with van der Waals surface area (Å²) in [5.74, 6) is -0.252. The highest BCUT2D eigenvalue weighted by molar-refractivity contribution is 6.35. The van der Waals surface area contributed by atoms with Crippen LogP contribution in [0.3, 0.4) is 0 Å². The molecule has 0 radical (unpaired) electrons. The fourth-order valence-corrected chi connectivity index (χ4v) is 1.52. The standard InChI is InChI=1S/C9H8Cl2N2O2/c10-7-2-12-8(11)1-6(7)9(14)13-5-3-15-4-5/h1-2,5H,3-4H2,(H,13,14). The summed E-state index contributed by atoms with van der Waals surface area (Å²) in [5, 5.41) is 3.30. The number of carbonyl (C=O) groups excluding carboxylic acids is 1. The molecule has 0 atom stereocenters. The van der Waals surface area contributed by atoms with E-state index in [9.17, 15) is 4.79 Å². The third-order valence-corrected chi connectivity index (χ3v) is 2.55. The van der Waals surface area contributed by atoms with E-state index in [0.717, 1.165) is 0 Å². The maximum Gasteiger partial charge on any atom is 0.253 e. The zero-order valence-corrected chi connectivity index (χ0v) is 9.18. The summed E-state index contributed by atoms with van der Waals surface area (Å²) in [5.41, 5.74) is 0.337. The second-order valence-electron chi connectivity index (χ2n) is 3.19. The first-order chi connectivity index (χ1) is 7.16. The molecule has 0 aromatic carbocycles. The van der Waals surface area contributed by atoms with Crippen LogP contribution < -0.4 is 5.32 Å². The maximum absolute atomic E-state index is 11.7. The molecule has 0 bridgehead atoms. The van der Waals surface area contributed by atoms with E-state index in [1.165, 1.54) is 12.3 Å². The molecule has 1 aromatic rings. The minimum atomic E-state index is -0.252. The molecule has 1 N–H and O–H groups in total. The fraction of sp³-hybridized carbons (Fsp3) is 0.333. The van der Waals surface area contributed by atoms with Crippen LogP contribution in [0.25, 0.3) is 0 Å². The van der Waals surface area contributed by atoms with Crippen molar-refractivity contribution in [2.75, 3.05) is 13.2 Å². The minimum absolute atomic E-state index is 0.0699. The van der Waals surface area contributed by atoms with Gasteiger partial charge in [-0.2, -0.15) is 0 Å². The first-order valence-corrected chi connectivity index (χ1v) is 5.12. The number of hydrogen-bond acceptors (Lipinski definition) is 3. The molecular formula is C9H8Cl2N2O2. The van der Waals surface area contributed by atoms with E-state index in [2.05, 4.69) is 10.3 Å². The second kappa shape index (κ2) is 4.35. The molecule has 1 aromatic heterocycles. The van der Waals surface area contributed by atoms with Crippen molar-refractivity contribution >= 4 is 29.1 Å². The van der Waals surface area contributed by atoms with Gasteiger partial charge < -0.3 is 10.1 Å². The lowest BCUT2D eigenvalue weighted by Gasteiger charge is -2.26. The Morgan fingerprint density at radius 2 is 2.27 bits per heavy atom. The third kappa shape index (κ3) is 2.40. The van der Waals surface area contributed by atoms with Crippen LogP contribution in [-0.4, -0.2) is 30.1 Å². The Balaban J connectivity index is 2.12. The van der Waals surface area contributed by atoms with Gasteiger partial charge in [0.1, 0.15) is 5.15 Å². The maximum atomic E-state index is 11.7. The van der Waals surface area contributed by atoms with Crippen LogP contribution in [0.2, 0.25) is 10.2 Å². The summed E-state index contributed by atoms with van der Waals surface area (Å²) < 4.78 is 4.94. The van der Waals surface area contributed by atoms with E-state index >= 15 is 0 Å². The van der Waals surface area contributed by atoms with Crippen LogP contribution in [0.5, 0.6) is 0 Å². The molecule has 15 heavy (non-hydrogen) atoms. The van der Waals surface area contributed by atoms with E-state index < -0.39 is 0 Å². The van der Waals surface area contributed by atoms with Crippen LogP contribution in [0, 0.1) is 0 Å². The number of nitrogens with one attached hydrogen (secondary N) is 1. The van der Waals surface area contributed by atoms with Gasteiger partial charge in [0, 0.05) is 6.20 Å². The summed E-state index contributed by atoms with van der Waals surface area (Å²) in [6.07, 6.45) is 1.36. The van der Waals surface area contributed by atoms with Crippen LogP contribution in [0.1, 0.15) is 10.4 Å². The van der Waals surface area contributed by atoms with Gasteiger partial charge in [0.05, 0.1) is 29.8 Å². The van der Waals surface area contributed by atoms with E-state index in [1.807, 2.05) is 0 Å². The zero-order chi connectivity index (χ0) is 10.8. The number of aromatic nitrogens is 1. The van der Waals surface area contributed by atoms with Crippen LogP contribution in [-0.2, 0) is 4.74 Å². The summed E-state index contributed by atoms with van der Waals surface area (Å²) in [4.78, 5) is 15.4. The van der Waals surface area contributed by atoms with Gasteiger partial charge in [0.15, 0.2) is 0 Å². The number of pyridine rings is 1. The highest BCUT2D eigenvalue weighted by Crippen LogP contribution is 2.18. The first kappa shape index (κ1) is 10.7. The smallest absolute Gasteiger partial charge is 0.253 e. The van der Waals surface area contributed by atoms with Crippen molar-refractivity contribution < 1.29 is 9.53 Å². The molecule has 1 aliphatic rings. The normalized spacial score (nSPS) is 15.9. The quantitative estimate of drug-likeness (QED) is 0.806. The molecular weight excluding hydrogens is 239 g/mol. The topological polar surface area (TPSA) is 51.2 Å². The van der Waals surface area contributed by atoms with Crippen LogP contribution in [0.4, 0.5) is 0 Å². The van der Waals surface area contributed by atoms with E-state index in [0.29, 0.717) is 18.8 Å². The number of hydrogen-bond donors (Lipinski definition) is 1. The highest BCUT2D eigenvalue weighted by atomic mass is 35.5. The summed E-state index contributed by atoms with van der Waals surface area (Å²) >= 11 is 11.5. The molecule has 4 nitrogen and oxygen atoms in total. The van der Waals surface area contributed by atoms with Gasteiger partial charge >= 0.3 is 0 Å². The van der Waals surface area contributed by atoms with Gasteiger partial charge in [-0.05, 0) is 6.07 Å². The molecule has 2 heterocycles. The number of ether oxygens (including phenoxy) is 1. The molecule has 80 valence electrons. The van der Waals surface area contributed by atoms with Crippen molar-refractivity contribution in [1.29, 1.82) is 0 Å². The van der Waals surface area contributed by atoms with Crippen LogP contribution in [0.15, 0.2) is 12.3 Å². The summed E-state index contributed by atoms with van der Waals surface area (Å²) in [6.45, 7) is 1.09. The van der Waals surface area contributed by atoms with E-state index in [1.54, 1.807) is 0 Å². The molecule has 0 unspecified atom stereocenters. The van der Waals surface area contributed by atoms with Gasteiger partial charge in [-0.15, -0.1) is 0 Å². The van der Waals surface area contributed by atoms with E-state index in [4.69, 9.17) is 27.9 Å². The average molecular weight is 247 g/mol. The van der Waals surface area contributed by atoms with Crippen molar-refractivity contribution in [3.8, 4) is 0 Å². The predicted octanol–water partition coefficient (Wildman–Crippen LogP) is 1.52. The SMILES string of the molecule is O=C(NC1COC1)c1cc(Cl)ncc1Cl. The number of rotatable bonds is 2.